The summed E-state index contributed by atoms with van der Waals surface area (Å²) in [4.78, 5) is 12.8. The summed E-state index contributed by atoms with van der Waals surface area (Å²) in [5.74, 6) is -1.06. The van der Waals surface area contributed by atoms with E-state index in [9.17, 15) is 17.2 Å². The Morgan fingerprint density at radius 2 is 1.71 bits per heavy atom. The van der Waals surface area contributed by atoms with Crippen molar-refractivity contribution < 1.29 is 17.2 Å². The average Bonchev–Trinajstić information content (AvgIpc) is 2.74. The van der Waals surface area contributed by atoms with Crippen molar-refractivity contribution in [2.45, 2.75) is 11.4 Å². The van der Waals surface area contributed by atoms with Gasteiger partial charge in [0.15, 0.2) is 0 Å². The Morgan fingerprint density at radius 3 is 2.32 bits per heavy atom. The summed E-state index contributed by atoms with van der Waals surface area (Å²) in [6.45, 7) is 4.06. The third-order valence-corrected chi connectivity index (χ3v) is 6.34. The molecule has 0 unspecified atom stereocenters. The van der Waals surface area contributed by atoms with Crippen molar-refractivity contribution in [3.63, 3.8) is 0 Å². The van der Waals surface area contributed by atoms with Gasteiger partial charge in [0.25, 0.3) is 10.0 Å². The van der Waals surface area contributed by atoms with E-state index >= 15 is 0 Å². The highest BCUT2D eigenvalue weighted by atomic mass is 32.2. The second-order valence-corrected chi connectivity index (χ2v) is 8.92. The van der Waals surface area contributed by atoms with E-state index in [0.717, 1.165) is 50.4 Å². The van der Waals surface area contributed by atoms with Gasteiger partial charge in [-0.15, -0.1) is 0 Å². The molecule has 0 amide bonds. The van der Waals surface area contributed by atoms with Crippen LogP contribution in [0.1, 0.15) is 5.56 Å². The van der Waals surface area contributed by atoms with Gasteiger partial charge in [0.1, 0.15) is 22.3 Å². The minimum atomic E-state index is -4.02. The molecule has 7 nitrogen and oxygen atoms in total. The Morgan fingerprint density at radius 1 is 0.968 bits per heavy atom. The lowest BCUT2D eigenvalue weighted by atomic mass is 10.2. The van der Waals surface area contributed by atoms with E-state index in [1.807, 2.05) is 18.3 Å². The molecule has 1 saturated heterocycles. The molecule has 1 fully saturated rings. The Balaban J connectivity index is 1.38. The molecule has 4 rings (SSSR count). The van der Waals surface area contributed by atoms with Crippen LogP contribution in [0.15, 0.2) is 66.0 Å². The molecule has 2 aromatic heterocycles. The number of rotatable bonds is 6. The van der Waals surface area contributed by atoms with Gasteiger partial charge in [0.05, 0.1) is 5.69 Å². The van der Waals surface area contributed by atoms with E-state index in [-0.39, 0.29) is 10.6 Å². The number of halogens is 2. The molecule has 3 aromatic rings. The van der Waals surface area contributed by atoms with E-state index in [0.29, 0.717) is 11.9 Å². The Bertz CT molecular complexity index is 1120. The largest absolute Gasteiger partial charge is 0.354 e. The van der Waals surface area contributed by atoms with Crippen molar-refractivity contribution in [2.24, 2.45) is 0 Å². The molecular formula is C21H21F2N5O2S. The van der Waals surface area contributed by atoms with Crippen LogP contribution in [0.5, 0.6) is 0 Å². The first-order chi connectivity index (χ1) is 14.9. The van der Waals surface area contributed by atoms with E-state index in [4.69, 9.17) is 0 Å². The number of aromatic nitrogens is 2. The predicted molar refractivity (Wildman–Crippen MR) is 113 cm³/mol. The monoisotopic (exact) mass is 445 g/mol. The lowest BCUT2D eigenvalue weighted by Gasteiger charge is -2.35. The van der Waals surface area contributed by atoms with E-state index < -0.39 is 21.7 Å². The fourth-order valence-corrected chi connectivity index (χ4v) is 4.41. The molecule has 1 aliphatic heterocycles. The van der Waals surface area contributed by atoms with Crippen LogP contribution in [0.25, 0.3) is 0 Å². The van der Waals surface area contributed by atoms with Crippen LogP contribution in [0.3, 0.4) is 0 Å². The summed E-state index contributed by atoms with van der Waals surface area (Å²) < 4.78 is 53.8. The molecule has 0 radical (unpaired) electrons. The zero-order valence-corrected chi connectivity index (χ0v) is 17.4. The van der Waals surface area contributed by atoms with Crippen molar-refractivity contribution in [3.05, 3.63) is 78.3 Å². The molecular weight excluding hydrogens is 424 g/mol. The van der Waals surface area contributed by atoms with E-state index in [1.165, 1.54) is 12.3 Å². The molecule has 3 heterocycles. The number of hydrogen-bond acceptors (Lipinski definition) is 6. The summed E-state index contributed by atoms with van der Waals surface area (Å²) in [6.07, 6.45) is 4.86. The normalized spacial score (nSPS) is 15.1. The molecule has 0 aliphatic carbocycles. The van der Waals surface area contributed by atoms with Gasteiger partial charge in [-0.05, 0) is 35.9 Å². The number of pyridine rings is 2. The molecule has 0 bridgehead atoms. The van der Waals surface area contributed by atoms with Crippen molar-refractivity contribution in [1.29, 1.82) is 0 Å². The number of anilines is 2. The molecule has 0 spiro atoms. The number of hydrogen-bond donors (Lipinski definition) is 1. The van der Waals surface area contributed by atoms with Crippen LogP contribution in [0.4, 0.5) is 20.3 Å². The summed E-state index contributed by atoms with van der Waals surface area (Å²) in [5.41, 5.74) is 0.973. The molecule has 162 valence electrons. The highest BCUT2D eigenvalue weighted by Gasteiger charge is 2.20. The Kier molecular flexibility index (Phi) is 6.10. The third-order valence-electron chi connectivity index (χ3n) is 4.97. The number of nitrogens with zero attached hydrogens (tertiary/aromatic N) is 4. The van der Waals surface area contributed by atoms with Crippen LogP contribution in [0.2, 0.25) is 0 Å². The van der Waals surface area contributed by atoms with Crippen molar-refractivity contribution in [1.82, 2.24) is 14.9 Å². The van der Waals surface area contributed by atoms with E-state index in [1.54, 1.807) is 12.3 Å². The molecule has 31 heavy (non-hydrogen) atoms. The van der Waals surface area contributed by atoms with Crippen LogP contribution in [-0.4, -0.2) is 49.5 Å². The van der Waals surface area contributed by atoms with Gasteiger partial charge < -0.3 is 4.90 Å². The fourth-order valence-electron chi connectivity index (χ4n) is 3.43. The minimum absolute atomic E-state index is 0.0869. The van der Waals surface area contributed by atoms with E-state index in [2.05, 4.69) is 24.5 Å². The predicted octanol–water partition coefficient (Wildman–Crippen LogP) is 2.88. The average molecular weight is 445 g/mol. The van der Waals surface area contributed by atoms with Gasteiger partial charge in [0.2, 0.25) is 0 Å². The zero-order chi connectivity index (χ0) is 21.8. The first kappa shape index (κ1) is 21.1. The highest BCUT2D eigenvalue weighted by molar-refractivity contribution is 7.92. The van der Waals surface area contributed by atoms with Gasteiger partial charge in [-0.1, -0.05) is 6.07 Å². The topological polar surface area (TPSA) is 78.4 Å². The van der Waals surface area contributed by atoms with Gasteiger partial charge in [-0.25, -0.2) is 22.2 Å². The second kappa shape index (κ2) is 8.94. The van der Waals surface area contributed by atoms with Crippen LogP contribution >= 0.6 is 0 Å². The first-order valence-corrected chi connectivity index (χ1v) is 11.2. The Labute approximate surface area is 179 Å². The van der Waals surface area contributed by atoms with Crippen molar-refractivity contribution in [3.8, 4) is 0 Å². The fraction of sp³-hybridized carbons (Fsp3) is 0.238. The van der Waals surface area contributed by atoms with Crippen molar-refractivity contribution in [2.75, 3.05) is 35.8 Å². The lowest BCUT2D eigenvalue weighted by molar-refractivity contribution is 0.249. The maximum absolute atomic E-state index is 13.3. The van der Waals surface area contributed by atoms with Gasteiger partial charge in [-0.3, -0.25) is 14.6 Å². The second-order valence-electron chi connectivity index (χ2n) is 7.24. The summed E-state index contributed by atoms with van der Waals surface area (Å²) >= 11 is 0. The SMILES string of the molecule is O=S(=O)(Nc1cc(F)cc(F)c1)c1ccc(N2CCN(Cc3cccnc3)CC2)nc1. The molecule has 1 aliphatic rings. The highest BCUT2D eigenvalue weighted by Crippen LogP contribution is 2.21. The standard InChI is InChI=1S/C21H21F2N5O2S/c22-17-10-18(23)12-19(11-17)26-31(29,30)20-3-4-21(25-14-20)28-8-6-27(7-9-28)15-16-2-1-5-24-13-16/h1-5,10-14,26H,6-9,15H2. The minimum Gasteiger partial charge on any atom is -0.354 e. The van der Waals surface area contributed by atoms with Crippen molar-refractivity contribution >= 4 is 21.5 Å². The smallest absolute Gasteiger partial charge is 0.263 e. The van der Waals surface area contributed by atoms with Crippen LogP contribution < -0.4 is 9.62 Å². The summed E-state index contributed by atoms with van der Waals surface area (Å²) in [7, 11) is -4.02. The zero-order valence-electron chi connectivity index (χ0n) is 16.6. The number of sulfonamides is 1. The molecule has 1 N–H and O–H groups in total. The number of piperazine rings is 1. The number of nitrogens with one attached hydrogen (secondary N) is 1. The van der Waals surface area contributed by atoms with Crippen LogP contribution in [-0.2, 0) is 16.6 Å². The molecule has 0 saturated carbocycles. The summed E-state index contributed by atoms with van der Waals surface area (Å²) in [6, 6.07) is 9.53. The summed E-state index contributed by atoms with van der Waals surface area (Å²) in [5, 5.41) is 0. The van der Waals surface area contributed by atoms with Crippen LogP contribution in [0, 0.1) is 11.6 Å². The third kappa shape index (κ3) is 5.33. The Hall–Kier alpha value is -3.11. The molecule has 10 heteroatoms. The van der Waals surface area contributed by atoms with Gasteiger partial charge in [-0.2, -0.15) is 0 Å². The van der Waals surface area contributed by atoms with Gasteiger partial charge in [0, 0.05) is 57.4 Å². The first-order valence-electron chi connectivity index (χ1n) is 9.70. The molecule has 0 atom stereocenters. The number of benzene rings is 1. The quantitative estimate of drug-likeness (QED) is 0.629. The lowest BCUT2D eigenvalue weighted by Crippen LogP contribution is -2.46. The molecule has 1 aromatic carbocycles. The maximum Gasteiger partial charge on any atom is 0.263 e. The van der Waals surface area contributed by atoms with Gasteiger partial charge >= 0.3 is 0 Å². The maximum atomic E-state index is 13.3.